The zero-order chi connectivity index (χ0) is 16.1. The lowest BCUT2D eigenvalue weighted by atomic mass is 10.3. The zero-order valence-electron chi connectivity index (χ0n) is 12.8. The number of hydrogen-bond acceptors (Lipinski definition) is 9. The van der Waals surface area contributed by atoms with Gasteiger partial charge in [-0.15, -0.1) is 16.4 Å². The third kappa shape index (κ3) is 4.76. The number of hydrogen-bond donors (Lipinski definition) is 0. The van der Waals surface area contributed by atoms with Gasteiger partial charge in [0.25, 0.3) is 5.19 Å². The fourth-order valence-electron chi connectivity index (χ4n) is 1.75. The maximum Gasteiger partial charge on any atom is 0.295 e. The molecule has 0 unspecified atom stereocenters. The quantitative estimate of drug-likeness (QED) is 0.436. The minimum atomic E-state index is 0.121. The Balaban J connectivity index is 1.42. The predicted molar refractivity (Wildman–Crippen MR) is 92.3 cm³/mol. The number of aryl methyl sites for hydroxylation is 1. The second-order valence-electron chi connectivity index (χ2n) is 4.94. The van der Waals surface area contributed by atoms with Gasteiger partial charge in [0, 0.05) is 12.2 Å². The Labute approximate surface area is 146 Å². The third-order valence-corrected chi connectivity index (χ3v) is 5.59. The van der Waals surface area contributed by atoms with Crippen LogP contribution in [0.2, 0.25) is 0 Å². The summed E-state index contributed by atoms with van der Waals surface area (Å²) >= 11 is 4.75. The summed E-state index contributed by atoms with van der Waals surface area (Å²) < 4.78 is 11.7. The molecule has 0 atom stereocenters. The molecule has 3 aromatic heterocycles. The van der Waals surface area contributed by atoms with Crippen molar-refractivity contribution in [1.29, 1.82) is 0 Å². The smallest absolute Gasteiger partial charge is 0.295 e. The molecule has 0 amide bonds. The van der Waals surface area contributed by atoms with E-state index in [1.54, 1.807) is 23.1 Å². The molecule has 0 aliphatic carbocycles. The van der Waals surface area contributed by atoms with Gasteiger partial charge < -0.3 is 9.26 Å². The number of ether oxygens (including phenoxy) is 1. The third-order valence-electron chi connectivity index (χ3n) is 2.69. The van der Waals surface area contributed by atoms with Crippen LogP contribution < -0.4 is 4.74 Å². The van der Waals surface area contributed by atoms with Gasteiger partial charge in [-0.25, -0.2) is 0 Å². The molecule has 0 saturated heterocycles. The molecular formula is C14H16N4O2S3. The van der Waals surface area contributed by atoms with Gasteiger partial charge in [0.05, 0.1) is 11.0 Å². The normalized spacial score (nSPS) is 11.3. The first-order valence-electron chi connectivity index (χ1n) is 7.20. The van der Waals surface area contributed by atoms with Gasteiger partial charge in [-0.2, -0.15) is 4.98 Å². The van der Waals surface area contributed by atoms with Gasteiger partial charge in [0.15, 0.2) is 4.34 Å². The first kappa shape index (κ1) is 16.4. The summed E-state index contributed by atoms with van der Waals surface area (Å²) in [6.07, 6.45) is 1.83. The average Bonchev–Trinajstić information content (AvgIpc) is 3.24. The van der Waals surface area contributed by atoms with Crippen LogP contribution in [-0.2, 0) is 6.42 Å². The second kappa shape index (κ2) is 7.89. The summed E-state index contributed by atoms with van der Waals surface area (Å²) in [7, 11) is 0. The van der Waals surface area contributed by atoms with E-state index in [9.17, 15) is 0 Å². The van der Waals surface area contributed by atoms with Crippen molar-refractivity contribution in [3.8, 4) is 15.9 Å². The van der Waals surface area contributed by atoms with Crippen molar-refractivity contribution in [1.82, 2.24) is 20.3 Å². The summed E-state index contributed by atoms with van der Waals surface area (Å²) in [6.45, 7) is 3.95. The molecule has 122 valence electrons. The van der Waals surface area contributed by atoms with Gasteiger partial charge in [0.2, 0.25) is 11.7 Å². The van der Waals surface area contributed by atoms with Crippen LogP contribution in [0, 0.1) is 0 Å². The van der Waals surface area contributed by atoms with Crippen LogP contribution in [0.1, 0.15) is 26.2 Å². The van der Waals surface area contributed by atoms with E-state index in [1.807, 2.05) is 31.4 Å². The van der Waals surface area contributed by atoms with Gasteiger partial charge >= 0.3 is 0 Å². The molecule has 3 aromatic rings. The van der Waals surface area contributed by atoms with Crippen LogP contribution >= 0.6 is 34.4 Å². The number of aromatic nitrogens is 4. The fraction of sp³-hybridized carbons (Fsp3) is 0.429. The highest BCUT2D eigenvalue weighted by Gasteiger charge is 2.10. The standard InChI is InChI=1S/C14H16N4O2S3/c1-9(2)19-13-16-17-14(23-13)22-8-4-6-11-15-12(18-20-11)10-5-3-7-21-10/h3,5,7,9H,4,6,8H2,1-2H3. The van der Waals surface area contributed by atoms with Crippen LogP contribution in [0.25, 0.3) is 10.7 Å². The number of thioether (sulfide) groups is 1. The lowest BCUT2D eigenvalue weighted by Gasteiger charge is -2.02. The predicted octanol–water partition coefficient (Wildman–Crippen LogP) is 4.16. The molecule has 0 radical (unpaired) electrons. The van der Waals surface area contributed by atoms with E-state index in [-0.39, 0.29) is 6.10 Å². The summed E-state index contributed by atoms with van der Waals surface area (Å²) in [5, 5.41) is 14.8. The zero-order valence-corrected chi connectivity index (χ0v) is 15.2. The summed E-state index contributed by atoms with van der Waals surface area (Å²) in [5.74, 6) is 2.27. The van der Waals surface area contributed by atoms with Crippen LogP contribution in [0.5, 0.6) is 5.19 Å². The highest BCUT2D eigenvalue weighted by Crippen LogP contribution is 2.28. The lowest BCUT2D eigenvalue weighted by molar-refractivity contribution is 0.239. The van der Waals surface area contributed by atoms with E-state index in [0.717, 1.165) is 27.8 Å². The van der Waals surface area contributed by atoms with Crippen LogP contribution in [-0.4, -0.2) is 32.2 Å². The summed E-state index contributed by atoms with van der Waals surface area (Å²) in [6, 6.07) is 3.97. The maximum atomic E-state index is 5.51. The summed E-state index contributed by atoms with van der Waals surface area (Å²) in [5.41, 5.74) is 0. The van der Waals surface area contributed by atoms with E-state index in [1.165, 1.54) is 11.3 Å². The Morgan fingerprint density at radius 2 is 2.26 bits per heavy atom. The SMILES string of the molecule is CC(C)Oc1nnc(SCCCc2nc(-c3cccs3)no2)s1. The summed E-state index contributed by atoms with van der Waals surface area (Å²) in [4.78, 5) is 5.44. The van der Waals surface area contributed by atoms with E-state index in [2.05, 4.69) is 20.3 Å². The molecular weight excluding hydrogens is 352 g/mol. The molecule has 0 spiro atoms. The maximum absolute atomic E-state index is 5.51. The second-order valence-corrected chi connectivity index (χ2v) is 8.17. The van der Waals surface area contributed by atoms with Crippen molar-refractivity contribution >= 4 is 34.4 Å². The van der Waals surface area contributed by atoms with Gasteiger partial charge in [0.1, 0.15) is 0 Å². The van der Waals surface area contributed by atoms with Crippen molar-refractivity contribution in [3.05, 3.63) is 23.4 Å². The van der Waals surface area contributed by atoms with Crippen LogP contribution in [0.3, 0.4) is 0 Å². The molecule has 0 saturated carbocycles. The fourth-order valence-corrected chi connectivity index (χ4v) is 4.21. The first-order chi connectivity index (χ1) is 11.2. The van der Waals surface area contributed by atoms with E-state index >= 15 is 0 Å². The Bertz CT molecular complexity index is 724. The van der Waals surface area contributed by atoms with E-state index in [0.29, 0.717) is 16.9 Å². The molecule has 3 heterocycles. The molecule has 0 bridgehead atoms. The highest BCUT2D eigenvalue weighted by atomic mass is 32.2. The Morgan fingerprint density at radius 3 is 3.04 bits per heavy atom. The molecule has 23 heavy (non-hydrogen) atoms. The van der Waals surface area contributed by atoms with Crippen molar-refractivity contribution in [2.75, 3.05) is 5.75 Å². The largest absolute Gasteiger partial charge is 0.466 e. The molecule has 0 aliphatic heterocycles. The first-order valence-corrected chi connectivity index (χ1v) is 9.88. The van der Waals surface area contributed by atoms with Gasteiger partial charge in [-0.3, -0.25) is 0 Å². The van der Waals surface area contributed by atoms with Gasteiger partial charge in [-0.05, 0) is 43.1 Å². The molecule has 6 nitrogen and oxygen atoms in total. The Morgan fingerprint density at radius 1 is 1.35 bits per heavy atom. The molecule has 0 N–H and O–H groups in total. The molecule has 0 aromatic carbocycles. The van der Waals surface area contributed by atoms with Gasteiger partial charge in [-0.1, -0.05) is 28.1 Å². The lowest BCUT2D eigenvalue weighted by Crippen LogP contribution is -2.04. The number of rotatable bonds is 8. The van der Waals surface area contributed by atoms with Crippen molar-refractivity contribution in [2.45, 2.75) is 37.1 Å². The van der Waals surface area contributed by atoms with Crippen LogP contribution in [0.4, 0.5) is 0 Å². The highest BCUT2D eigenvalue weighted by molar-refractivity contribution is 8.01. The monoisotopic (exact) mass is 368 g/mol. The van der Waals surface area contributed by atoms with Crippen LogP contribution in [0.15, 0.2) is 26.4 Å². The Hall–Kier alpha value is -1.45. The molecule has 0 aliphatic rings. The Kier molecular flexibility index (Phi) is 5.63. The number of nitrogens with zero attached hydrogens (tertiary/aromatic N) is 4. The molecule has 3 rings (SSSR count). The average molecular weight is 369 g/mol. The minimum Gasteiger partial charge on any atom is -0.466 e. The van der Waals surface area contributed by atoms with Crippen molar-refractivity contribution < 1.29 is 9.26 Å². The van der Waals surface area contributed by atoms with Crippen molar-refractivity contribution in [3.63, 3.8) is 0 Å². The minimum absolute atomic E-state index is 0.121. The van der Waals surface area contributed by atoms with E-state index in [4.69, 9.17) is 9.26 Å². The van der Waals surface area contributed by atoms with E-state index < -0.39 is 0 Å². The van der Waals surface area contributed by atoms with Crippen molar-refractivity contribution in [2.24, 2.45) is 0 Å². The topological polar surface area (TPSA) is 73.9 Å². The number of thiophene rings is 1. The molecule has 9 heteroatoms. The molecule has 0 fully saturated rings.